The van der Waals surface area contributed by atoms with Crippen molar-refractivity contribution in [3.8, 4) is 5.69 Å². The highest BCUT2D eigenvalue weighted by atomic mass is 16.3. The molecule has 1 aromatic carbocycles. The van der Waals surface area contributed by atoms with Gasteiger partial charge in [-0.3, -0.25) is 19.7 Å². The fraction of sp³-hybridized carbons (Fsp3) is 0.421. The van der Waals surface area contributed by atoms with Gasteiger partial charge in [0, 0.05) is 30.5 Å². The van der Waals surface area contributed by atoms with Crippen molar-refractivity contribution in [3.05, 3.63) is 41.2 Å². The van der Waals surface area contributed by atoms with Crippen LogP contribution in [0.4, 0.5) is 0 Å². The first-order chi connectivity index (χ1) is 13.2. The average molecular weight is 383 g/mol. The first kappa shape index (κ1) is 18.3. The number of aromatic nitrogens is 3. The number of piperidine rings is 1. The highest BCUT2D eigenvalue weighted by Crippen LogP contribution is 2.31. The van der Waals surface area contributed by atoms with Gasteiger partial charge in [0.15, 0.2) is 0 Å². The Morgan fingerprint density at radius 2 is 2.07 bits per heavy atom. The number of hydrogen-bond acceptors (Lipinski definition) is 6. The van der Waals surface area contributed by atoms with Crippen molar-refractivity contribution in [1.82, 2.24) is 25.2 Å². The number of carbonyl (C=O) groups excluding carboxylic acids is 3. The second kappa shape index (κ2) is 6.52. The number of fused-ring (bicyclic) bond motifs is 1. The number of nitrogens with zero attached hydrogens (tertiary/aromatic N) is 4. The Bertz CT molecular complexity index is 975. The number of amides is 3. The van der Waals surface area contributed by atoms with Crippen molar-refractivity contribution < 1.29 is 19.5 Å². The molecule has 0 spiro atoms. The zero-order chi connectivity index (χ0) is 20.1. The molecule has 2 aliphatic heterocycles. The summed E-state index contributed by atoms with van der Waals surface area (Å²) >= 11 is 0. The van der Waals surface area contributed by atoms with Gasteiger partial charge < -0.3 is 10.0 Å². The molecule has 0 aliphatic carbocycles. The number of carbonyl (C=O) groups is 3. The van der Waals surface area contributed by atoms with Crippen LogP contribution in [-0.4, -0.2) is 54.4 Å². The maximum atomic E-state index is 12.9. The van der Waals surface area contributed by atoms with Crippen molar-refractivity contribution in [2.24, 2.45) is 0 Å². The summed E-state index contributed by atoms with van der Waals surface area (Å²) in [6.07, 6.45) is 2.61. The Balaban J connectivity index is 1.63. The Morgan fingerprint density at radius 1 is 1.29 bits per heavy atom. The Hall–Kier alpha value is -3.07. The van der Waals surface area contributed by atoms with Gasteiger partial charge in [-0.25, -0.2) is 4.68 Å². The lowest BCUT2D eigenvalue weighted by Gasteiger charge is -2.29. The molecular weight excluding hydrogens is 362 g/mol. The van der Waals surface area contributed by atoms with Gasteiger partial charge in [-0.05, 0) is 32.4 Å². The van der Waals surface area contributed by atoms with Gasteiger partial charge >= 0.3 is 0 Å². The van der Waals surface area contributed by atoms with E-state index < -0.39 is 17.6 Å². The van der Waals surface area contributed by atoms with E-state index in [2.05, 4.69) is 15.6 Å². The molecule has 3 amide bonds. The number of imide groups is 1. The van der Waals surface area contributed by atoms with Crippen molar-refractivity contribution in [2.45, 2.75) is 51.3 Å². The summed E-state index contributed by atoms with van der Waals surface area (Å²) in [6.45, 7) is 3.66. The summed E-state index contributed by atoms with van der Waals surface area (Å²) < 4.78 is 1.58. The third kappa shape index (κ3) is 3.29. The largest absolute Gasteiger partial charge is 0.390 e. The molecule has 3 heterocycles. The molecule has 2 N–H and O–H groups in total. The molecule has 9 heteroatoms. The van der Waals surface area contributed by atoms with Crippen LogP contribution in [0, 0.1) is 0 Å². The Morgan fingerprint density at radius 3 is 2.79 bits per heavy atom. The van der Waals surface area contributed by atoms with Gasteiger partial charge in [0.05, 0.1) is 23.2 Å². The van der Waals surface area contributed by atoms with Gasteiger partial charge in [0.2, 0.25) is 11.8 Å². The maximum absolute atomic E-state index is 12.9. The Kier molecular flexibility index (Phi) is 4.26. The molecule has 146 valence electrons. The lowest BCUT2D eigenvalue weighted by molar-refractivity contribution is -0.136. The topological polar surface area (TPSA) is 117 Å². The SMILES string of the molecule is CC(C)(O)Cc1cn(-c2cccc3c2CN(C2CCC(=O)NC2=O)C3=O)nn1. The molecule has 0 radical (unpaired) electrons. The van der Waals surface area contributed by atoms with E-state index in [0.29, 0.717) is 29.8 Å². The Labute approximate surface area is 161 Å². The maximum Gasteiger partial charge on any atom is 0.255 e. The average Bonchev–Trinajstić information content (AvgIpc) is 3.18. The molecule has 1 aromatic heterocycles. The first-order valence-electron chi connectivity index (χ1n) is 9.13. The van der Waals surface area contributed by atoms with Crippen molar-refractivity contribution in [2.75, 3.05) is 0 Å². The van der Waals surface area contributed by atoms with Crippen LogP contribution in [0.25, 0.3) is 5.69 Å². The lowest BCUT2D eigenvalue weighted by Crippen LogP contribution is -2.52. The summed E-state index contributed by atoms with van der Waals surface area (Å²) in [5.74, 6) is -0.983. The summed E-state index contributed by atoms with van der Waals surface area (Å²) in [4.78, 5) is 38.0. The predicted molar refractivity (Wildman–Crippen MR) is 97.4 cm³/mol. The van der Waals surface area contributed by atoms with E-state index in [0.717, 1.165) is 5.56 Å². The summed E-state index contributed by atoms with van der Waals surface area (Å²) in [5, 5.41) is 20.5. The quantitative estimate of drug-likeness (QED) is 0.736. The van der Waals surface area contributed by atoms with Crippen molar-refractivity contribution in [1.29, 1.82) is 0 Å². The standard InChI is InChI=1S/C19H21N5O4/c1-19(2,28)8-11-9-24(22-21-11)14-5-3-4-12-13(14)10-23(18(12)27)15-6-7-16(25)20-17(15)26/h3-5,9,15,28H,6-8,10H2,1-2H3,(H,20,25,26). The van der Waals surface area contributed by atoms with Crippen LogP contribution >= 0.6 is 0 Å². The molecule has 28 heavy (non-hydrogen) atoms. The van der Waals surface area contributed by atoms with Crippen LogP contribution < -0.4 is 5.32 Å². The number of benzene rings is 1. The highest BCUT2D eigenvalue weighted by Gasteiger charge is 2.40. The number of aliphatic hydroxyl groups is 1. The van der Waals surface area contributed by atoms with Gasteiger partial charge in [-0.2, -0.15) is 0 Å². The second-order valence-electron chi connectivity index (χ2n) is 7.85. The van der Waals surface area contributed by atoms with Crippen molar-refractivity contribution >= 4 is 17.7 Å². The van der Waals surface area contributed by atoms with Gasteiger partial charge in [-0.15, -0.1) is 5.10 Å². The van der Waals surface area contributed by atoms with Crippen LogP contribution in [-0.2, 0) is 22.6 Å². The van der Waals surface area contributed by atoms with E-state index >= 15 is 0 Å². The summed E-state index contributed by atoms with van der Waals surface area (Å²) in [5.41, 5.74) is 1.71. The van der Waals surface area contributed by atoms with Crippen LogP contribution in [0.5, 0.6) is 0 Å². The number of rotatable bonds is 4. The molecule has 0 saturated carbocycles. The first-order valence-corrected chi connectivity index (χ1v) is 9.13. The monoisotopic (exact) mass is 383 g/mol. The third-order valence-corrected chi connectivity index (χ3v) is 4.96. The highest BCUT2D eigenvalue weighted by molar-refractivity contribution is 6.05. The zero-order valence-electron chi connectivity index (χ0n) is 15.7. The molecule has 9 nitrogen and oxygen atoms in total. The van der Waals surface area contributed by atoms with E-state index in [9.17, 15) is 19.5 Å². The minimum atomic E-state index is -0.905. The second-order valence-corrected chi connectivity index (χ2v) is 7.85. The normalized spacial score (nSPS) is 19.8. The van der Waals surface area contributed by atoms with E-state index in [1.165, 1.54) is 4.90 Å². The third-order valence-electron chi connectivity index (χ3n) is 4.96. The molecule has 4 rings (SSSR count). The summed E-state index contributed by atoms with van der Waals surface area (Å²) in [6, 6.07) is 4.66. The molecule has 2 aromatic rings. The van der Waals surface area contributed by atoms with Crippen LogP contribution in [0.15, 0.2) is 24.4 Å². The number of nitrogens with one attached hydrogen (secondary N) is 1. The molecule has 1 unspecified atom stereocenters. The van der Waals surface area contributed by atoms with E-state index in [1.54, 1.807) is 36.9 Å². The van der Waals surface area contributed by atoms with Crippen molar-refractivity contribution in [3.63, 3.8) is 0 Å². The van der Waals surface area contributed by atoms with Gasteiger partial charge in [-0.1, -0.05) is 11.3 Å². The fourth-order valence-corrected chi connectivity index (χ4v) is 3.72. The molecule has 0 bridgehead atoms. The predicted octanol–water partition coefficient (Wildman–Crippen LogP) is 0.342. The van der Waals surface area contributed by atoms with Crippen LogP contribution in [0.3, 0.4) is 0 Å². The van der Waals surface area contributed by atoms with Crippen LogP contribution in [0.1, 0.15) is 48.3 Å². The minimum Gasteiger partial charge on any atom is -0.390 e. The molecular formula is C19H21N5O4. The molecule has 1 atom stereocenters. The minimum absolute atomic E-state index is 0.215. The van der Waals surface area contributed by atoms with E-state index in [1.807, 2.05) is 6.07 Å². The molecule has 1 saturated heterocycles. The van der Waals surface area contributed by atoms with Gasteiger partial charge in [0.25, 0.3) is 5.91 Å². The zero-order valence-corrected chi connectivity index (χ0v) is 15.7. The van der Waals surface area contributed by atoms with E-state index in [4.69, 9.17) is 0 Å². The smallest absolute Gasteiger partial charge is 0.255 e. The number of hydrogen-bond donors (Lipinski definition) is 2. The van der Waals surface area contributed by atoms with Gasteiger partial charge in [0.1, 0.15) is 6.04 Å². The fourth-order valence-electron chi connectivity index (χ4n) is 3.72. The molecule has 1 fully saturated rings. The van der Waals surface area contributed by atoms with E-state index in [-0.39, 0.29) is 24.8 Å². The summed E-state index contributed by atoms with van der Waals surface area (Å²) in [7, 11) is 0. The van der Waals surface area contributed by atoms with Crippen LogP contribution in [0.2, 0.25) is 0 Å². The molecule has 2 aliphatic rings. The lowest BCUT2D eigenvalue weighted by atomic mass is 10.0.